The molecule has 0 atom stereocenters. The molecule has 0 amide bonds. The van der Waals surface area contributed by atoms with Crippen molar-refractivity contribution >= 4 is 23.4 Å². The molecule has 0 saturated heterocycles. The number of pyridine rings is 1. The van der Waals surface area contributed by atoms with Crippen LogP contribution in [0.4, 0.5) is 4.39 Å². The zero-order chi connectivity index (χ0) is 15.0. The fourth-order valence-corrected chi connectivity index (χ4v) is 2.76. The number of aromatic nitrogens is 2. The quantitative estimate of drug-likeness (QED) is 0.617. The van der Waals surface area contributed by atoms with Gasteiger partial charge in [-0.15, -0.1) is 19.0 Å². The number of nitrogens with zero attached hydrogens (tertiary/aromatic N) is 2. The third-order valence-corrected chi connectivity index (χ3v) is 3.96. The Labute approximate surface area is 135 Å². The zero-order valence-electron chi connectivity index (χ0n) is 12.6. The van der Waals surface area contributed by atoms with Crippen LogP contribution >= 0.6 is 12.4 Å². The Balaban J connectivity index is 0.00000176. The molecular weight excluding hydrogens is 299 g/mol. The summed E-state index contributed by atoms with van der Waals surface area (Å²) in [6.45, 7) is 8.74. The number of hydrogen-bond acceptors (Lipinski definition) is 1. The molecule has 2 aromatic heterocycles. The van der Waals surface area contributed by atoms with E-state index in [2.05, 4.69) is 30.0 Å². The Hall–Kier alpha value is -2.13. The maximum Gasteiger partial charge on any atom is 0.123 e. The molecule has 0 aliphatic heterocycles. The molecule has 3 rings (SSSR count). The summed E-state index contributed by atoms with van der Waals surface area (Å²) in [5.41, 5.74) is 6.50. The van der Waals surface area contributed by atoms with E-state index in [4.69, 9.17) is 0 Å². The largest absolute Gasteiger partial charge is 0.339 e. The summed E-state index contributed by atoms with van der Waals surface area (Å²) in [5.74, 6) is -0.224. The first-order chi connectivity index (χ1) is 10.1. The Morgan fingerprint density at radius 2 is 1.86 bits per heavy atom. The molecular formula is C18H18ClFN2. The van der Waals surface area contributed by atoms with Gasteiger partial charge >= 0.3 is 0 Å². The molecule has 0 saturated carbocycles. The summed E-state index contributed by atoms with van der Waals surface area (Å²) in [6, 6.07) is 8.57. The first-order valence-corrected chi connectivity index (χ1v) is 6.94. The highest BCUT2D eigenvalue weighted by atomic mass is 35.5. The van der Waals surface area contributed by atoms with Crippen molar-refractivity contribution in [1.29, 1.82) is 0 Å². The molecule has 114 valence electrons. The van der Waals surface area contributed by atoms with Gasteiger partial charge in [0.05, 0.1) is 11.0 Å². The minimum atomic E-state index is -0.224. The molecule has 0 bridgehead atoms. The lowest BCUT2D eigenvalue weighted by Gasteiger charge is -2.09. The fourth-order valence-electron chi connectivity index (χ4n) is 2.76. The van der Waals surface area contributed by atoms with Crippen LogP contribution in [0.3, 0.4) is 0 Å². The molecule has 3 aromatic rings. The van der Waals surface area contributed by atoms with Gasteiger partial charge in [-0.25, -0.2) is 4.39 Å². The van der Waals surface area contributed by atoms with E-state index < -0.39 is 0 Å². The zero-order valence-corrected chi connectivity index (χ0v) is 13.5. The number of aryl methyl sites for hydroxylation is 1. The van der Waals surface area contributed by atoms with Gasteiger partial charge in [-0.05, 0) is 43.2 Å². The number of benzene rings is 1. The Kier molecular flexibility index (Phi) is 4.67. The third kappa shape index (κ3) is 2.53. The minimum Gasteiger partial charge on any atom is -0.339 e. The van der Waals surface area contributed by atoms with Crippen molar-refractivity contribution < 1.29 is 4.39 Å². The van der Waals surface area contributed by atoms with Gasteiger partial charge in [0.15, 0.2) is 0 Å². The van der Waals surface area contributed by atoms with Crippen LogP contribution in [0.25, 0.3) is 22.2 Å². The second-order valence-corrected chi connectivity index (χ2v) is 5.17. The van der Waals surface area contributed by atoms with Crippen molar-refractivity contribution in [2.45, 2.75) is 20.4 Å². The molecule has 1 aromatic carbocycles. The molecule has 0 radical (unpaired) electrons. The summed E-state index contributed by atoms with van der Waals surface area (Å²) in [6.07, 6.45) is 3.69. The predicted octanol–water partition coefficient (Wildman–Crippen LogP) is 5.07. The highest BCUT2D eigenvalue weighted by molar-refractivity contribution is 5.94. The molecule has 22 heavy (non-hydrogen) atoms. The van der Waals surface area contributed by atoms with Crippen molar-refractivity contribution in [3.05, 3.63) is 66.3 Å². The second-order valence-electron chi connectivity index (χ2n) is 5.17. The maximum absolute atomic E-state index is 13.2. The summed E-state index contributed by atoms with van der Waals surface area (Å²) >= 11 is 0. The van der Waals surface area contributed by atoms with Crippen molar-refractivity contribution in [2.75, 3.05) is 0 Å². The summed E-state index contributed by atoms with van der Waals surface area (Å²) in [5, 5.41) is 0. The number of halogens is 2. The van der Waals surface area contributed by atoms with Crippen LogP contribution in [0.1, 0.15) is 11.3 Å². The molecule has 2 nitrogen and oxygen atoms in total. The maximum atomic E-state index is 13.2. The molecule has 0 aliphatic rings. The summed E-state index contributed by atoms with van der Waals surface area (Å²) in [7, 11) is 0. The lowest BCUT2D eigenvalue weighted by atomic mass is 10.0. The van der Waals surface area contributed by atoms with Crippen LogP contribution in [0.5, 0.6) is 0 Å². The average molecular weight is 317 g/mol. The molecule has 0 N–H and O–H groups in total. The van der Waals surface area contributed by atoms with Gasteiger partial charge < -0.3 is 4.57 Å². The SMILES string of the molecule is C=CCn1c(C)c(C)c2nccc(-c3ccc(F)cc3)c21.Cl. The summed E-state index contributed by atoms with van der Waals surface area (Å²) < 4.78 is 15.4. The van der Waals surface area contributed by atoms with Crippen LogP contribution in [0.15, 0.2) is 49.2 Å². The van der Waals surface area contributed by atoms with Gasteiger partial charge in [0.1, 0.15) is 5.82 Å². The second kappa shape index (κ2) is 6.32. The van der Waals surface area contributed by atoms with E-state index in [0.717, 1.165) is 28.7 Å². The van der Waals surface area contributed by atoms with Crippen LogP contribution < -0.4 is 0 Å². The molecule has 4 heteroatoms. The van der Waals surface area contributed by atoms with E-state index in [1.165, 1.54) is 23.4 Å². The molecule has 0 fully saturated rings. The van der Waals surface area contributed by atoms with Gasteiger partial charge in [-0.1, -0.05) is 18.2 Å². The minimum absolute atomic E-state index is 0. The van der Waals surface area contributed by atoms with E-state index >= 15 is 0 Å². The third-order valence-electron chi connectivity index (χ3n) is 3.96. The molecule has 0 aliphatic carbocycles. The monoisotopic (exact) mass is 316 g/mol. The first-order valence-electron chi connectivity index (χ1n) is 6.94. The Morgan fingerprint density at radius 1 is 1.18 bits per heavy atom. The molecule has 0 unspecified atom stereocenters. The van der Waals surface area contributed by atoms with E-state index in [1.807, 2.05) is 18.3 Å². The topological polar surface area (TPSA) is 17.8 Å². The predicted molar refractivity (Wildman–Crippen MR) is 92.0 cm³/mol. The van der Waals surface area contributed by atoms with E-state index in [0.29, 0.717) is 0 Å². The number of allylic oxidation sites excluding steroid dienone is 1. The lowest BCUT2D eigenvalue weighted by Crippen LogP contribution is -1.99. The van der Waals surface area contributed by atoms with E-state index in [1.54, 1.807) is 12.1 Å². The van der Waals surface area contributed by atoms with Gasteiger partial charge in [-0.2, -0.15) is 0 Å². The van der Waals surface area contributed by atoms with Crippen molar-refractivity contribution in [2.24, 2.45) is 0 Å². The molecule has 2 heterocycles. The normalized spacial score (nSPS) is 10.5. The fraction of sp³-hybridized carbons (Fsp3) is 0.167. The van der Waals surface area contributed by atoms with Crippen molar-refractivity contribution in [3.8, 4) is 11.1 Å². The lowest BCUT2D eigenvalue weighted by molar-refractivity contribution is 0.628. The van der Waals surface area contributed by atoms with Gasteiger partial charge in [0.25, 0.3) is 0 Å². The van der Waals surface area contributed by atoms with E-state index in [9.17, 15) is 4.39 Å². The molecule has 0 spiro atoms. The van der Waals surface area contributed by atoms with Gasteiger partial charge in [0, 0.05) is 24.0 Å². The standard InChI is InChI=1S/C18H17FN2.ClH/c1-4-11-21-13(3)12(2)17-18(21)16(9-10-20-17)14-5-7-15(19)8-6-14;/h4-10H,1,11H2,2-3H3;1H. The Bertz CT molecular complexity index is 819. The highest BCUT2D eigenvalue weighted by Crippen LogP contribution is 2.32. The number of rotatable bonds is 3. The van der Waals surface area contributed by atoms with Crippen LogP contribution in [0.2, 0.25) is 0 Å². The number of fused-ring (bicyclic) bond motifs is 1. The highest BCUT2D eigenvalue weighted by Gasteiger charge is 2.15. The van der Waals surface area contributed by atoms with E-state index in [-0.39, 0.29) is 18.2 Å². The van der Waals surface area contributed by atoms with Crippen LogP contribution in [0, 0.1) is 19.7 Å². The van der Waals surface area contributed by atoms with Crippen LogP contribution in [-0.4, -0.2) is 9.55 Å². The van der Waals surface area contributed by atoms with Crippen molar-refractivity contribution in [1.82, 2.24) is 9.55 Å². The first kappa shape index (κ1) is 16.2. The van der Waals surface area contributed by atoms with Crippen molar-refractivity contribution in [3.63, 3.8) is 0 Å². The van der Waals surface area contributed by atoms with Gasteiger partial charge in [-0.3, -0.25) is 4.98 Å². The average Bonchev–Trinajstić information content (AvgIpc) is 2.74. The summed E-state index contributed by atoms with van der Waals surface area (Å²) in [4.78, 5) is 4.52. The van der Waals surface area contributed by atoms with Gasteiger partial charge in [0.2, 0.25) is 0 Å². The van der Waals surface area contributed by atoms with Crippen LogP contribution in [-0.2, 0) is 6.54 Å². The number of hydrogen-bond donors (Lipinski definition) is 0. The Morgan fingerprint density at radius 3 is 2.50 bits per heavy atom. The smallest absolute Gasteiger partial charge is 0.123 e.